The molecule has 0 unspecified atom stereocenters. The Morgan fingerprint density at radius 1 is 1.14 bits per heavy atom. The predicted octanol–water partition coefficient (Wildman–Crippen LogP) is 5.07. The summed E-state index contributed by atoms with van der Waals surface area (Å²) in [6, 6.07) is 16.2. The fourth-order valence-electron chi connectivity index (χ4n) is 3.34. The Morgan fingerprint density at radius 3 is 2.66 bits per heavy atom. The maximum atomic E-state index is 13.7. The molecule has 0 atom stereocenters. The fourth-order valence-corrected chi connectivity index (χ4v) is 5.60. The number of hydrogen-bond donors (Lipinski definition) is 1. The maximum absolute atomic E-state index is 13.7. The van der Waals surface area contributed by atoms with Gasteiger partial charge < -0.3 is 9.30 Å². The Hall–Kier alpha value is -3.05. The molecular weight excluding hydrogens is 513 g/mol. The van der Waals surface area contributed by atoms with Gasteiger partial charge in [-0.1, -0.05) is 29.0 Å². The van der Waals surface area contributed by atoms with Gasteiger partial charge in [-0.2, -0.15) is 4.99 Å². The van der Waals surface area contributed by atoms with Crippen LogP contribution in [0.5, 0.6) is 0 Å². The van der Waals surface area contributed by atoms with E-state index in [1.54, 1.807) is 22.8 Å². The Bertz CT molecular complexity index is 1550. The first kappa shape index (κ1) is 25.1. The molecule has 1 aromatic heterocycles. The summed E-state index contributed by atoms with van der Waals surface area (Å²) in [5.41, 5.74) is 1.15. The van der Waals surface area contributed by atoms with E-state index in [0.717, 1.165) is 5.52 Å². The number of halogens is 2. The summed E-state index contributed by atoms with van der Waals surface area (Å²) in [4.78, 5) is 17.7. The van der Waals surface area contributed by atoms with E-state index in [-0.39, 0.29) is 22.0 Å². The second-order valence-electron chi connectivity index (χ2n) is 7.40. The molecule has 0 spiro atoms. The van der Waals surface area contributed by atoms with Crippen LogP contribution >= 0.6 is 22.9 Å². The maximum Gasteiger partial charge on any atom is 0.279 e. The van der Waals surface area contributed by atoms with Crippen LogP contribution in [0.1, 0.15) is 17.3 Å². The second kappa shape index (κ2) is 10.7. The number of thiazole rings is 1. The number of hydrogen-bond acceptors (Lipinski definition) is 5. The molecule has 0 fully saturated rings. The molecule has 4 rings (SSSR count). The number of fused-ring (bicyclic) bond motifs is 1. The molecule has 0 aliphatic heterocycles. The summed E-state index contributed by atoms with van der Waals surface area (Å²) < 4.78 is 49.5. The van der Waals surface area contributed by atoms with Crippen molar-refractivity contribution in [1.82, 2.24) is 4.57 Å². The van der Waals surface area contributed by atoms with Crippen LogP contribution in [0.2, 0.25) is 5.02 Å². The standard InChI is InChI=1S/C24H21ClFN3O4S2/c1-2-33-13-12-29-21-11-8-18(26)15-22(21)34-24(29)27-23(30)16-4-3-5-19(14-16)28-35(31,32)20-9-6-17(25)7-10-20/h3-11,14-15,28H,2,12-13H2,1H3. The molecule has 11 heteroatoms. The number of carbonyl (C=O) groups is 1. The van der Waals surface area contributed by atoms with Crippen molar-refractivity contribution in [2.75, 3.05) is 17.9 Å². The van der Waals surface area contributed by atoms with Crippen LogP contribution < -0.4 is 9.52 Å². The molecule has 1 amide bonds. The fraction of sp³-hybridized carbons (Fsp3) is 0.167. The summed E-state index contributed by atoms with van der Waals surface area (Å²) in [7, 11) is -3.87. The zero-order chi connectivity index (χ0) is 25.0. The lowest BCUT2D eigenvalue weighted by Gasteiger charge is -2.09. The summed E-state index contributed by atoms with van der Waals surface area (Å²) in [5, 5.41) is 0.417. The highest BCUT2D eigenvalue weighted by Crippen LogP contribution is 2.21. The lowest BCUT2D eigenvalue weighted by molar-refractivity contribution is 0.0996. The molecule has 1 heterocycles. The van der Waals surface area contributed by atoms with E-state index in [1.807, 2.05) is 6.92 Å². The van der Waals surface area contributed by atoms with Crippen LogP contribution in [0, 0.1) is 5.82 Å². The van der Waals surface area contributed by atoms with E-state index in [9.17, 15) is 17.6 Å². The number of nitrogens with zero attached hydrogens (tertiary/aromatic N) is 2. The van der Waals surface area contributed by atoms with Crippen LogP contribution in [-0.2, 0) is 21.3 Å². The predicted molar refractivity (Wildman–Crippen MR) is 135 cm³/mol. The van der Waals surface area contributed by atoms with E-state index in [0.29, 0.717) is 34.3 Å². The van der Waals surface area contributed by atoms with E-state index in [2.05, 4.69) is 9.71 Å². The molecule has 0 radical (unpaired) electrons. The van der Waals surface area contributed by atoms with Gasteiger partial charge in [-0.05, 0) is 67.6 Å². The molecule has 4 aromatic rings. The number of anilines is 1. The van der Waals surface area contributed by atoms with Crippen molar-refractivity contribution in [2.24, 2.45) is 4.99 Å². The SMILES string of the molecule is CCOCCn1c(=NC(=O)c2cccc(NS(=O)(=O)c3ccc(Cl)cc3)c2)sc2cc(F)ccc21. The van der Waals surface area contributed by atoms with Gasteiger partial charge in [0.2, 0.25) is 0 Å². The third-order valence-electron chi connectivity index (χ3n) is 4.99. The van der Waals surface area contributed by atoms with Gasteiger partial charge in [0.25, 0.3) is 15.9 Å². The third-order valence-corrected chi connectivity index (χ3v) is 7.68. The van der Waals surface area contributed by atoms with E-state index >= 15 is 0 Å². The van der Waals surface area contributed by atoms with Gasteiger partial charge in [0, 0.05) is 29.4 Å². The lowest BCUT2D eigenvalue weighted by Crippen LogP contribution is -2.20. The van der Waals surface area contributed by atoms with Gasteiger partial charge in [0.15, 0.2) is 4.80 Å². The molecule has 1 N–H and O–H groups in total. The van der Waals surface area contributed by atoms with E-state index < -0.39 is 15.9 Å². The molecule has 0 aliphatic rings. The van der Waals surface area contributed by atoms with Crippen LogP contribution in [0.25, 0.3) is 10.2 Å². The molecule has 0 saturated heterocycles. The highest BCUT2D eigenvalue weighted by Gasteiger charge is 2.16. The molecule has 35 heavy (non-hydrogen) atoms. The molecular formula is C24H21ClFN3O4S2. The van der Waals surface area contributed by atoms with E-state index in [4.69, 9.17) is 16.3 Å². The zero-order valence-electron chi connectivity index (χ0n) is 18.6. The van der Waals surface area contributed by atoms with E-state index in [1.165, 1.54) is 59.9 Å². The van der Waals surface area contributed by atoms with Crippen molar-refractivity contribution in [1.29, 1.82) is 0 Å². The molecule has 182 valence electrons. The Morgan fingerprint density at radius 2 is 1.91 bits per heavy atom. The Kier molecular flexibility index (Phi) is 7.66. The summed E-state index contributed by atoms with van der Waals surface area (Å²) in [5.74, 6) is -0.941. The third kappa shape index (κ3) is 5.96. The first-order chi connectivity index (χ1) is 16.8. The largest absolute Gasteiger partial charge is 0.380 e. The smallest absolute Gasteiger partial charge is 0.279 e. The highest BCUT2D eigenvalue weighted by molar-refractivity contribution is 7.92. The van der Waals surface area contributed by atoms with Gasteiger partial charge in [0.05, 0.1) is 21.7 Å². The second-order valence-corrected chi connectivity index (χ2v) is 10.5. The van der Waals surface area contributed by atoms with Gasteiger partial charge in [0.1, 0.15) is 5.82 Å². The number of sulfonamides is 1. The molecule has 3 aromatic carbocycles. The minimum Gasteiger partial charge on any atom is -0.380 e. The first-order valence-electron chi connectivity index (χ1n) is 10.6. The van der Waals surface area contributed by atoms with Crippen molar-refractivity contribution < 1.29 is 22.3 Å². The zero-order valence-corrected chi connectivity index (χ0v) is 21.0. The van der Waals surface area contributed by atoms with Gasteiger partial charge in [-0.3, -0.25) is 9.52 Å². The van der Waals surface area contributed by atoms with Gasteiger partial charge >= 0.3 is 0 Å². The van der Waals surface area contributed by atoms with Crippen LogP contribution in [0.15, 0.2) is 76.6 Å². The summed E-state index contributed by atoms with van der Waals surface area (Å²) in [6.07, 6.45) is 0. The number of ether oxygens (including phenoxy) is 1. The topological polar surface area (TPSA) is 89.8 Å². The highest BCUT2D eigenvalue weighted by atomic mass is 35.5. The van der Waals surface area contributed by atoms with Gasteiger partial charge in [-0.15, -0.1) is 0 Å². The van der Waals surface area contributed by atoms with Gasteiger partial charge in [-0.25, -0.2) is 12.8 Å². The number of nitrogens with one attached hydrogen (secondary N) is 1. The summed E-state index contributed by atoms with van der Waals surface area (Å²) in [6.45, 7) is 3.27. The quantitative estimate of drug-likeness (QED) is 0.320. The number of benzene rings is 3. The van der Waals surface area contributed by atoms with Crippen LogP contribution in [0.3, 0.4) is 0 Å². The minimum absolute atomic E-state index is 0.0381. The number of carbonyl (C=O) groups excluding carboxylic acids is 1. The summed E-state index contributed by atoms with van der Waals surface area (Å²) >= 11 is 7.02. The molecule has 0 aliphatic carbocycles. The Balaban J connectivity index is 1.65. The van der Waals surface area contributed by atoms with Crippen molar-refractivity contribution >= 4 is 54.8 Å². The molecule has 0 saturated carbocycles. The average molecular weight is 534 g/mol. The number of rotatable bonds is 8. The monoisotopic (exact) mass is 533 g/mol. The number of aromatic nitrogens is 1. The molecule has 0 bridgehead atoms. The first-order valence-corrected chi connectivity index (χ1v) is 13.3. The van der Waals surface area contributed by atoms with Crippen molar-refractivity contribution in [3.8, 4) is 0 Å². The van der Waals surface area contributed by atoms with Crippen molar-refractivity contribution in [3.05, 3.63) is 87.9 Å². The lowest BCUT2D eigenvalue weighted by atomic mass is 10.2. The minimum atomic E-state index is -3.87. The average Bonchev–Trinajstić information content (AvgIpc) is 3.15. The van der Waals surface area contributed by atoms with Crippen LogP contribution in [-0.4, -0.2) is 32.1 Å². The normalized spacial score (nSPS) is 12.3. The van der Waals surface area contributed by atoms with Crippen molar-refractivity contribution in [3.63, 3.8) is 0 Å². The Labute approximate surface area is 210 Å². The number of amides is 1. The molecule has 7 nitrogen and oxygen atoms in total. The van der Waals surface area contributed by atoms with Crippen molar-refractivity contribution in [2.45, 2.75) is 18.4 Å². The van der Waals surface area contributed by atoms with Crippen LogP contribution in [0.4, 0.5) is 10.1 Å².